The molecule has 1 aromatic carbocycles. The van der Waals surface area contributed by atoms with E-state index in [4.69, 9.17) is 4.84 Å². The molecule has 0 atom stereocenters. The Kier molecular flexibility index (Phi) is 6.70. The molecular weight excluding hydrogens is 353 g/mol. The summed E-state index contributed by atoms with van der Waals surface area (Å²) in [6.45, 7) is 3.85. The third-order valence-electron chi connectivity index (χ3n) is 3.26. The van der Waals surface area contributed by atoms with E-state index < -0.39 is 23.5 Å². The fourth-order valence-corrected chi connectivity index (χ4v) is 1.99. The molecule has 0 fully saturated rings. The number of carbonyl (C=O) groups excluding carboxylic acids is 1. The first-order chi connectivity index (χ1) is 12.3. The second-order valence-corrected chi connectivity index (χ2v) is 5.44. The van der Waals surface area contributed by atoms with Crippen molar-refractivity contribution in [3.8, 4) is 11.4 Å². The van der Waals surface area contributed by atoms with Crippen LogP contribution < -0.4 is 10.8 Å². The van der Waals surface area contributed by atoms with Crippen LogP contribution in [0.2, 0.25) is 0 Å². The molecule has 26 heavy (non-hydrogen) atoms. The number of nitrogens with zero attached hydrogens (tertiary/aromatic N) is 2. The number of hydrogen-bond donors (Lipinski definition) is 2. The highest BCUT2D eigenvalue weighted by molar-refractivity contribution is 5.94. The normalized spacial score (nSPS) is 11.6. The SMILES string of the molecule is CCONCCCNC(=O)c1ccc(-c2noc(C(C)(F)F)n2)cc1F. The van der Waals surface area contributed by atoms with Gasteiger partial charge in [0.15, 0.2) is 0 Å². The van der Waals surface area contributed by atoms with E-state index in [1.165, 1.54) is 12.1 Å². The first-order valence-corrected chi connectivity index (χ1v) is 7.97. The smallest absolute Gasteiger partial charge is 0.322 e. The molecule has 0 unspecified atom stereocenters. The van der Waals surface area contributed by atoms with Crippen LogP contribution in [0.25, 0.3) is 11.4 Å². The Hall–Kier alpha value is -2.46. The van der Waals surface area contributed by atoms with Crippen LogP contribution in [0.15, 0.2) is 22.7 Å². The van der Waals surface area contributed by atoms with Crippen LogP contribution in [0.4, 0.5) is 13.2 Å². The Morgan fingerprint density at radius 2 is 2.12 bits per heavy atom. The molecule has 7 nitrogen and oxygen atoms in total. The predicted octanol–water partition coefficient (Wildman–Crippen LogP) is 2.65. The fourth-order valence-electron chi connectivity index (χ4n) is 1.99. The van der Waals surface area contributed by atoms with Crippen LogP contribution in [0.1, 0.15) is 36.5 Å². The summed E-state index contributed by atoms with van der Waals surface area (Å²) < 4.78 is 44.9. The number of hydroxylamine groups is 1. The number of alkyl halides is 2. The van der Waals surface area contributed by atoms with Crippen LogP contribution in [0.5, 0.6) is 0 Å². The molecule has 2 rings (SSSR count). The van der Waals surface area contributed by atoms with Gasteiger partial charge in [-0.25, -0.2) is 9.87 Å². The first kappa shape index (κ1) is 19.9. The second kappa shape index (κ2) is 8.77. The van der Waals surface area contributed by atoms with Gasteiger partial charge in [-0.3, -0.25) is 4.79 Å². The molecule has 2 N–H and O–H groups in total. The summed E-state index contributed by atoms with van der Waals surface area (Å²) in [6.07, 6.45) is 0.600. The lowest BCUT2D eigenvalue weighted by Crippen LogP contribution is -2.28. The molecule has 0 bridgehead atoms. The summed E-state index contributed by atoms with van der Waals surface area (Å²) in [6, 6.07) is 3.59. The van der Waals surface area contributed by atoms with Gasteiger partial charge in [-0.1, -0.05) is 11.2 Å². The summed E-state index contributed by atoms with van der Waals surface area (Å²) in [7, 11) is 0. The van der Waals surface area contributed by atoms with Gasteiger partial charge in [0.1, 0.15) is 5.82 Å². The summed E-state index contributed by atoms with van der Waals surface area (Å²) in [5, 5.41) is 5.98. The minimum absolute atomic E-state index is 0.124. The lowest BCUT2D eigenvalue weighted by molar-refractivity contribution is -0.0158. The van der Waals surface area contributed by atoms with Crippen molar-refractivity contribution in [2.24, 2.45) is 0 Å². The van der Waals surface area contributed by atoms with Crippen molar-refractivity contribution >= 4 is 5.91 Å². The highest BCUT2D eigenvalue weighted by atomic mass is 19.3. The molecule has 2 aromatic rings. The van der Waals surface area contributed by atoms with E-state index in [1.807, 2.05) is 6.92 Å². The molecule has 1 amide bonds. The fraction of sp³-hybridized carbons (Fsp3) is 0.438. The van der Waals surface area contributed by atoms with Crippen molar-refractivity contribution in [1.29, 1.82) is 0 Å². The molecule has 0 aliphatic rings. The molecular formula is C16H19F3N4O3. The van der Waals surface area contributed by atoms with Gasteiger partial charge in [-0.2, -0.15) is 13.8 Å². The van der Waals surface area contributed by atoms with Crippen LogP contribution >= 0.6 is 0 Å². The monoisotopic (exact) mass is 372 g/mol. The second-order valence-electron chi connectivity index (χ2n) is 5.44. The Morgan fingerprint density at radius 1 is 1.35 bits per heavy atom. The summed E-state index contributed by atoms with van der Waals surface area (Å²) in [5.74, 6) is -5.74. The molecule has 1 aromatic heterocycles. The zero-order valence-corrected chi connectivity index (χ0v) is 14.3. The molecule has 10 heteroatoms. The van der Waals surface area contributed by atoms with Gasteiger partial charge in [-0.15, -0.1) is 0 Å². The summed E-state index contributed by atoms with van der Waals surface area (Å²) in [5.41, 5.74) is 2.65. The minimum Gasteiger partial charge on any atom is -0.352 e. The van der Waals surface area contributed by atoms with E-state index in [0.29, 0.717) is 33.0 Å². The Balaban J connectivity index is 1.98. The van der Waals surface area contributed by atoms with Gasteiger partial charge in [0.05, 0.1) is 12.2 Å². The molecule has 142 valence electrons. The van der Waals surface area contributed by atoms with Crippen LogP contribution in [0, 0.1) is 5.82 Å². The lowest BCUT2D eigenvalue weighted by Gasteiger charge is -2.07. The van der Waals surface area contributed by atoms with Gasteiger partial charge in [-0.05, 0) is 25.5 Å². The number of nitrogens with one attached hydrogen (secondary N) is 2. The van der Waals surface area contributed by atoms with Crippen molar-refractivity contribution in [3.05, 3.63) is 35.5 Å². The van der Waals surface area contributed by atoms with E-state index in [2.05, 4.69) is 25.5 Å². The third kappa shape index (κ3) is 5.27. The molecule has 0 saturated heterocycles. The number of halogens is 3. The summed E-state index contributed by atoms with van der Waals surface area (Å²) >= 11 is 0. The molecule has 0 aliphatic heterocycles. The van der Waals surface area contributed by atoms with E-state index in [0.717, 1.165) is 6.07 Å². The maximum Gasteiger partial charge on any atom is 0.322 e. The van der Waals surface area contributed by atoms with Crippen LogP contribution in [-0.2, 0) is 10.8 Å². The molecule has 0 spiro atoms. The van der Waals surface area contributed by atoms with Gasteiger partial charge in [0.25, 0.3) is 11.8 Å². The Morgan fingerprint density at radius 3 is 2.73 bits per heavy atom. The average molecular weight is 372 g/mol. The number of benzene rings is 1. The summed E-state index contributed by atoms with van der Waals surface area (Å²) in [4.78, 5) is 20.5. The van der Waals surface area contributed by atoms with Gasteiger partial charge in [0.2, 0.25) is 5.82 Å². The number of rotatable bonds is 9. The van der Waals surface area contributed by atoms with Crippen LogP contribution in [0.3, 0.4) is 0 Å². The van der Waals surface area contributed by atoms with Gasteiger partial charge >= 0.3 is 5.92 Å². The van der Waals surface area contributed by atoms with Crippen molar-refractivity contribution < 1.29 is 27.3 Å². The maximum absolute atomic E-state index is 14.2. The Labute approximate surface area is 147 Å². The highest BCUT2D eigenvalue weighted by Gasteiger charge is 2.32. The topological polar surface area (TPSA) is 89.3 Å². The lowest BCUT2D eigenvalue weighted by atomic mass is 10.1. The maximum atomic E-state index is 14.2. The number of amides is 1. The van der Waals surface area contributed by atoms with Crippen molar-refractivity contribution in [2.75, 3.05) is 19.7 Å². The average Bonchev–Trinajstić information content (AvgIpc) is 3.08. The van der Waals surface area contributed by atoms with E-state index in [1.54, 1.807) is 0 Å². The number of aromatic nitrogens is 2. The van der Waals surface area contributed by atoms with E-state index in [-0.39, 0.29) is 17.0 Å². The van der Waals surface area contributed by atoms with Gasteiger partial charge < -0.3 is 14.7 Å². The van der Waals surface area contributed by atoms with E-state index in [9.17, 15) is 18.0 Å². The molecule has 0 saturated carbocycles. The van der Waals surface area contributed by atoms with Gasteiger partial charge in [0, 0.05) is 25.6 Å². The first-order valence-electron chi connectivity index (χ1n) is 7.97. The Bertz CT molecular complexity index is 747. The quantitative estimate of drug-likeness (QED) is 0.520. The standard InChI is InChI=1S/C16H19F3N4O3/c1-3-25-21-8-4-7-20-14(24)11-6-5-10(9-12(11)17)13-22-15(26-23-13)16(2,18)19/h5-6,9,21H,3-4,7-8H2,1-2H3,(H,20,24). The number of hydrogen-bond acceptors (Lipinski definition) is 6. The largest absolute Gasteiger partial charge is 0.352 e. The van der Waals surface area contributed by atoms with Crippen molar-refractivity contribution in [2.45, 2.75) is 26.2 Å². The minimum atomic E-state index is -3.29. The number of carbonyl (C=O) groups is 1. The van der Waals surface area contributed by atoms with Crippen molar-refractivity contribution in [3.63, 3.8) is 0 Å². The molecule has 0 radical (unpaired) electrons. The molecule has 1 heterocycles. The third-order valence-corrected chi connectivity index (χ3v) is 3.26. The zero-order valence-electron chi connectivity index (χ0n) is 14.3. The zero-order chi connectivity index (χ0) is 19.2. The van der Waals surface area contributed by atoms with E-state index >= 15 is 0 Å². The van der Waals surface area contributed by atoms with Crippen molar-refractivity contribution in [1.82, 2.24) is 20.9 Å². The highest BCUT2D eigenvalue weighted by Crippen LogP contribution is 2.27. The predicted molar refractivity (Wildman–Crippen MR) is 85.8 cm³/mol. The molecule has 0 aliphatic carbocycles. The van der Waals surface area contributed by atoms with Crippen LogP contribution in [-0.4, -0.2) is 35.7 Å².